The summed E-state index contributed by atoms with van der Waals surface area (Å²) in [6, 6.07) is 19.0. The molecular formula is C29H28ClNO4. The highest BCUT2D eigenvalue weighted by atomic mass is 35.5. The standard InChI is InChI=1S/C29H28ClNO4/c1-5-35-24-15-14-20(16-21(24)17(2)3)27(32)25-26(19-10-7-6-8-11-19)31(29(34)28(25)33)23-13-9-12-22(30)18(23)4/h6-17,26,32H,5H2,1-4H3/b27-25+. The number of benzene rings is 3. The fraction of sp³-hybridized carbons (Fsp3) is 0.241. The molecule has 180 valence electrons. The minimum absolute atomic E-state index is 0.0411. The van der Waals surface area contributed by atoms with Crippen LogP contribution in [0.5, 0.6) is 5.75 Å². The maximum Gasteiger partial charge on any atom is 0.300 e. The van der Waals surface area contributed by atoms with Gasteiger partial charge in [0.25, 0.3) is 11.7 Å². The summed E-state index contributed by atoms with van der Waals surface area (Å²) >= 11 is 6.36. The fourth-order valence-electron chi connectivity index (χ4n) is 4.48. The molecule has 4 rings (SSSR count). The van der Waals surface area contributed by atoms with Crippen LogP contribution in [-0.4, -0.2) is 23.4 Å². The Morgan fingerprint density at radius 1 is 1.06 bits per heavy atom. The highest BCUT2D eigenvalue weighted by Gasteiger charge is 2.47. The number of rotatable bonds is 6. The number of nitrogens with zero attached hydrogens (tertiary/aromatic N) is 1. The number of anilines is 1. The van der Waals surface area contributed by atoms with E-state index in [-0.39, 0.29) is 17.3 Å². The highest BCUT2D eigenvalue weighted by Crippen LogP contribution is 2.44. The van der Waals surface area contributed by atoms with Crippen LogP contribution in [0.15, 0.2) is 72.3 Å². The monoisotopic (exact) mass is 489 g/mol. The van der Waals surface area contributed by atoms with Crippen LogP contribution in [0.2, 0.25) is 5.02 Å². The molecule has 0 saturated carbocycles. The van der Waals surface area contributed by atoms with E-state index in [1.54, 1.807) is 37.3 Å². The minimum Gasteiger partial charge on any atom is -0.507 e. The average Bonchev–Trinajstić information content (AvgIpc) is 3.11. The highest BCUT2D eigenvalue weighted by molar-refractivity contribution is 6.52. The lowest BCUT2D eigenvalue weighted by molar-refractivity contribution is -0.132. The van der Waals surface area contributed by atoms with Crippen molar-refractivity contribution in [1.29, 1.82) is 0 Å². The molecule has 1 unspecified atom stereocenters. The van der Waals surface area contributed by atoms with Gasteiger partial charge in [0, 0.05) is 16.3 Å². The van der Waals surface area contributed by atoms with Crippen molar-refractivity contribution < 1.29 is 19.4 Å². The molecule has 1 saturated heterocycles. The smallest absolute Gasteiger partial charge is 0.300 e. The summed E-state index contributed by atoms with van der Waals surface area (Å²) in [6.45, 7) is 8.31. The zero-order chi connectivity index (χ0) is 25.3. The van der Waals surface area contributed by atoms with Crippen LogP contribution in [0.1, 0.15) is 55.0 Å². The van der Waals surface area contributed by atoms with E-state index in [0.29, 0.717) is 34.0 Å². The molecule has 0 aromatic heterocycles. The van der Waals surface area contributed by atoms with Gasteiger partial charge in [-0.3, -0.25) is 14.5 Å². The molecule has 1 N–H and O–H groups in total. The molecule has 6 heteroatoms. The Morgan fingerprint density at radius 3 is 2.43 bits per heavy atom. The molecule has 0 radical (unpaired) electrons. The third-order valence-corrected chi connectivity index (χ3v) is 6.67. The molecule has 0 bridgehead atoms. The van der Waals surface area contributed by atoms with Crippen molar-refractivity contribution in [2.24, 2.45) is 0 Å². The summed E-state index contributed by atoms with van der Waals surface area (Å²) in [7, 11) is 0. The molecule has 1 amide bonds. The van der Waals surface area contributed by atoms with Crippen LogP contribution in [-0.2, 0) is 9.59 Å². The molecular weight excluding hydrogens is 462 g/mol. The number of ketones is 1. The van der Waals surface area contributed by atoms with Gasteiger partial charge in [0.15, 0.2) is 0 Å². The first-order valence-corrected chi connectivity index (χ1v) is 12.0. The first-order chi connectivity index (χ1) is 16.8. The van der Waals surface area contributed by atoms with Gasteiger partial charge in [-0.1, -0.05) is 61.8 Å². The second-order valence-corrected chi connectivity index (χ2v) is 9.21. The molecule has 0 aliphatic carbocycles. The number of aliphatic hydroxyl groups excluding tert-OH is 1. The number of carbonyl (C=O) groups is 2. The number of carbonyl (C=O) groups excluding carboxylic acids is 2. The van der Waals surface area contributed by atoms with Crippen LogP contribution < -0.4 is 9.64 Å². The number of Topliss-reactive ketones (excluding diaryl/α,β-unsaturated/α-hetero) is 1. The Bertz CT molecular complexity index is 1310. The van der Waals surface area contributed by atoms with Crippen LogP contribution in [0, 0.1) is 6.92 Å². The second-order valence-electron chi connectivity index (χ2n) is 8.80. The van der Waals surface area contributed by atoms with Gasteiger partial charge in [0.1, 0.15) is 11.5 Å². The van der Waals surface area contributed by atoms with Gasteiger partial charge in [-0.05, 0) is 66.8 Å². The maximum atomic E-state index is 13.4. The molecule has 5 nitrogen and oxygen atoms in total. The lowest BCUT2D eigenvalue weighted by atomic mass is 9.93. The molecule has 3 aromatic carbocycles. The number of hydrogen-bond acceptors (Lipinski definition) is 4. The fourth-order valence-corrected chi connectivity index (χ4v) is 4.65. The molecule has 1 fully saturated rings. The second kappa shape index (κ2) is 9.96. The topological polar surface area (TPSA) is 66.8 Å². The lowest BCUT2D eigenvalue weighted by Gasteiger charge is -2.27. The first-order valence-electron chi connectivity index (χ1n) is 11.6. The minimum atomic E-state index is -0.803. The molecule has 35 heavy (non-hydrogen) atoms. The molecule has 1 aliphatic rings. The summed E-state index contributed by atoms with van der Waals surface area (Å²) in [5.74, 6) is -0.805. The maximum absolute atomic E-state index is 13.4. The Kier molecular flexibility index (Phi) is 6.99. The van der Waals surface area contributed by atoms with E-state index < -0.39 is 17.7 Å². The largest absolute Gasteiger partial charge is 0.507 e. The van der Waals surface area contributed by atoms with Gasteiger partial charge in [0.05, 0.1) is 18.2 Å². The van der Waals surface area contributed by atoms with E-state index in [4.69, 9.17) is 16.3 Å². The van der Waals surface area contributed by atoms with Crippen molar-refractivity contribution in [3.8, 4) is 5.75 Å². The van der Waals surface area contributed by atoms with E-state index in [1.807, 2.05) is 57.2 Å². The zero-order valence-corrected chi connectivity index (χ0v) is 21.0. The number of aliphatic hydroxyl groups is 1. The molecule has 1 aliphatic heterocycles. The summed E-state index contributed by atoms with van der Waals surface area (Å²) in [5.41, 5.74) is 3.33. The van der Waals surface area contributed by atoms with E-state index in [2.05, 4.69) is 0 Å². The number of ether oxygens (including phenoxy) is 1. The SMILES string of the molecule is CCOc1ccc(/C(O)=C2\C(=O)C(=O)N(c3cccc(Cl)c3C)C2c2ccccc2)cc1C(C)C. The van der Waals surface area contributed by atoms with E-state index in [9.17, 15) is 14.7 Å². The molecule has 0 spiro atoms. The van der Waals surface area contributed by atoms with Crippen LogP contribution in [0.4, 0.5) is 5.69 Å². The van der Waals surface area contributed by atoms with Gasteiger partial charge in [-0.2, -0.15) is 0 Å². The van der Waals surface area contributed by atoms with Gasteiger partial charge < -0.3 is 9.84 Å². The van der Waals surface area contributed by atoms with E-state index >= 15 is 0 Å². The number of hydrogen-bond donors (Lipinski definition) is 1. The van der Waals surface area contributed by atoms with Gasteiger partial charge in [0.2, 0.25) is 0 Å². The van der Waals surface area contributed by atoms with Gasteiger partial charge in [-0.25, -0.2) is 0 Å². The van der Waals surface area contributed by atoms with Crippen molar-refractivity contribution in [3.63, 3.8) is 0 Å². The summed E-state index contributed by atoms with van der Waals surface area (Å²) in [4.78, 5) is 28.2. The zero-order valence-electron chi connectivity index (χ0n) is 20.2. The number of halogens is 1. The van der Waals surface area contributed by atoms with Gasteiger partial charge in [-0.15, -0.1) is 0 Å². The first kappa shape index (κ1) is 24.6. The van der Waals surface area contributed by atoms with Crippen LogP contribution in [0.25, 0.3) is 5.76 Å². The normalized spacial score (nSPS) is 17.3. The summed E-state index contributed by atoms with van der Waals surface area (Å²) in [6.07, 6.45) is 0. The third kappa shape index (κ3) is 4.44. The average molecular weight is 490 g/mol. The van der Waals surface area contributed by atoms with Gasteiger partial charge >= 0.3 is 0 Å². The predicted molar refractivity (Wildman–Crippen MR) is 139 cm³/mol. The number of amides is 1. The lowest BCUT2D eigenvalue weighted by Crippen LogP contribution is -2.30. The Morgan fingerprint density at radius 2 is 1.77 bits per heavy atom. The van der Waals surface area contributed by atoms with E-state index in [1.165, 1.54) is 4.90 Å². The predicted octanol–water partition coefficient (Wildman–Crippen LogP) is 6.80. The molecule has 3 aromatic rings. The van der Waals surface area contributed by atoms with Crippen molar-refractivity contribution >= 4 is 34.7 Å². The van der Waals surface area contributed by atoms with Crippen LogP contribution in [0.3, 0.4) is 0 Å². The van der Waals surface area contributed by atoms with Crippen molar-refractivity contribution in [3.05, 3.63) is 99.6 Å². The quantitative estimate of drug-likeness (QED) is 0.235. The Labute approximate surface area is 210 Å². The van der Waals surface area contributed by atoms with E-state index in [0.717, 1.165) is 11.3 Å². The molecule has 1 atom stereocenters. The van der Waals surface area contributed by atoms with Crippen molar-refractivity contribution in [2.75, 3.05) is 11.5 Å². The Balaban J connectivity index is 1.95. The summed E-state index contributed by atoms with van der Waals surface area (Å²) in [5, 5.41) is 12.0. The summed E-state index contributed by atoms with van der Waals surface area (Å²) < 4.78 is 5.75. The van der Waals surface area contributed by atoms with Crippen molar-refractivity contribution in [1.82, 2.24) is 0 Å². The molecule has 1 heterocycles. The van der Waals surface area contributed by atoms with Crippen LogP contribution >= 0.6 is 11.6 Å². The Hall–Kier alpha value is -3.57. The third-order valence-electron chi connectivity index (χ3n) is 6.26. The van der Waals surface area contributed by atoms with Crippen molar-refractivity contribution in [2.45, 2.75) is 39.7 Å².